The summed E-state index contributed by atoms with van der Waals surface area (Å²) < 4.78 is 13.3. The van der Waals surface area contributed by atoms with Gasteiger partial charge in [0.1, 0.15) is 11.5 Å². The number of nitrogens with zero attached hydrogens (tertiary/aromatic N) is 1. The third kappa shape index (κ3) is 5.82. The summed E-state index contributed by atoms with van der Waals surface area (Å²) in [6.07, 6.45) is 9.50. The van der Waals surface area contributed by atoms with Crippen molar-refractivity contribution in [2.75, 3.05) is 14.2 Å². The van der Waals surface area contributed by atoms with E-state index in [1.807, 2.05) is 35.2 Å². The van der Waals surface area contributed by atoms with E-state index < -0.39 is 12.1 Å². The second kappa shape index (κ2) is 11.5. The number of hydrogen-bond donors (Lipinski definition) is 2. The van der Waals surface area contributed by atoms with Crippen LogP contribution >= 0.6 is 0 Å². The second-order valence-electron chi connectivity index (χ2n) is 9.55. The minimum atomic E-state index is -0.977. The highest BCUT2D eigenvalue weighted by atomic mass is 16.5. The Bertz CT molecular complexity index is 1180. The fraction of sp³-hybridized carbons (Fsp3) is 0.367. The molecule has 3 aromatic rings. The molecule has 0 bridgehead atoms. The summed E-state index contributed by atoms with van der Waals surface area (Å²) in [4.78, 5) is 10.9. The average molecular weight is 490 g/mol. The lowest BCUT2D eigenvalue weighted by molar-refractivity contribution is -0.131. The van der Waals surface area contributed by atoms with Crippen LogP contribution in [-0.4, -0.2) is 35.0 Å². The Labute approximate surface area is 212 Å². The number of carbonyl (C=O) groups is 1. The molecular weight excluding hydrogens is 454 g/mol. The van der Waals surface area contributed by atoms with Crippen LogP contribution < -0.4 is 9.47 Å². The Morgan fingerprint density at radius 2 is 1.75 bits per heavy atom. The highest BCUT2D eigenvalue weighted by molar-refractivity contribution is 5.85. The summed E-state index contributed by atoms with van der Waals surface area (Å²) in [5.74, 6) is 0.854. The summed E-state index contributed by atoms with van der Waals surface area (Å²) in [7, 11) is 3.28. The van der Waals surface area contributed by atoms with Crippen LogP contribution in [0.1, 0.15) is 47.3 Å². The van der Waals surface area contributed by atoms with Crippen LogP contribution in [0.3, 0.4) is 0 Å². The number of methoxy groups -OCH3 is 2. The van der Waals surface area contributed by atoms with Gasteiger partial charge < -0.3 is 24.3 Å². The van der Waals surface area contributed by atoms with Gasteiger partial charge in [0.15, 0.2) is 0 Å². The van der Waals surface area contributed by atoms with Gasteiger partial charge in [-0.3, -0.25) is 0 Å². The molecule has 0 amide bonds. The first-order valence-electron chi connectivity index (χ1n) is 12.5. The van der Waals surface area contributed by atoms with Gasteiger partial charge in [0.05, 0.1) is 20.3 Å². The smallest absolute Gasteiger partial charge is 0.328 e. The SMILES string of the molecule is CCc1c(OC)cc([C@@H](O)[C@@H](CC2Cc3ccccc3C2)Cn2ccc(/C=C/C(=O)O)c2)cc1OC. The predicted molar refractivity (Wildman–Crippen MR) is 140 cm³/mol. The van der Waals surface area contributed by atoms with E-state index in [4.69, 9.17) is 14.6 Å². The number of carboxylic acid groups (broad SMARTS) is 1. The Balaban J connectivity index is 1.62. The Morgan fingerprint density at radius 1 is 1.11 bits per heavy atom. The number of aliphatic carboxylic acids is 1. The molecule has 0 radical (unpaired) electrons. The summed E-state index contributed by atoms with van der Waals surface area (Å²) in [6.45, 7) is 2.66. The van der Waals surface area contributed by atoms with Crippen molar-refractivity contribution in [2.24, 2.45) is 11.8 Å². The molecule has 2 atom stereocenters. The number of rotatable bonds is 11. The van der Waals surface area contributed by atoms with Crippen LogP contribution in [0.25, 0.3) is 6.08 Å². The van der Waals surface area contributed by atoms with E-state index in [0.717, 1.165) is 59.9 Å². The van der Waals surface area contributed by atoms with Gasteiger partial charge in [-0.2, -0.15) is 0 Å². The van der Waals surface area contributed by atoms with Gasteiger partial charge in [-0.25, -0.2) is 4.79 Å². The van der Waals surface area contributed by atoms with Crippen LogP contribution in [0.15, 0.2) is 60.9 Å². The topological polar surface area (TPSA) is 80.9 Å². The highest BCUT2D eigenvalue weighted by Gasteiger charge is 2.30. The molecule has 1 heterocycles. The van der Waals surface area contributed by atoms with Crippen molar-refractivity contribution in [3.63, 3.8) is 0 Å². The molecule has 6 heteroatoms. The van der Waals surface area contributed by atoms with E-state index in [1.165, 1.54) is 11.1 Å². The van der Waals surface area contributed by atoms with Crippen molar-refractivity contribution in [1.29, 1.82) is 0 Å². The van der Waals surface area contributed by atoms with Crippen molar-refractivity contribution in [1.82, 2.24) is 4.57 Å². The lowest BCUT2D eigenvalue weighted by Gasteiger charge is -2.27. The fourth-order valence-corrected chi connectivity index (χ4v) is 5.45. The molecule has 1 aromatic heterocycles. The van der Waals surface area contributed by atoms with Crippen LogP contribution in [0.4, 0.5) is 0 Å². The van der Waals surface area contributed by atoms with E-state index in [2.05, 4.69) is 31.2 Å². The molecule has 1 aliphatic rings. The van der Waals surface area contributed by atoms with E-state index in [9.17, 15) is 9.90 Å². The molecule has 0 unspecified atom stereocenters. The first kappa shape index (κ1) is 25.6. The molecule has 6 nitrogen and oxygen atoms in total. The zero-order chi connectivity index (χ0) is 25.7. The first-order chi connectivity index (χ1) is 17.4. The van der Waals surface area contributed by atoms with Gasteiger partial charge in [0.25, 0.3) is 0 Å². The Morgan fingerprint density at radius 3 is 2.31 bits per heavy atom. The largest absolute Gasteiger partial charge is 0.496 e. The van der Waals surface area contributed by atoms with Crippen molar-refractivity contribution in [3.8, 4) is 11.5 Å². The maximum atomic E-state index is 11.7. The molecule has 2 N–H and O–H groups in total. The maximum absolute atomic E-state index is 11.7. The van der Waals surface area contributed by atoms with Crippen molar-refractivity contribution in [3.05, 3.63) is 88.8 Å². The fourth-order valence-electron chi connectivity index (χ4n) is 5.45. The van der Waals surface area contributed by atoms with E-state index in [-0.39, 0.29) is 5.92 Å². The zero-order valence-corrected chi connectivity index (χ0v) is 21.2. The number of aliphatic hydroxyl groups excluding tert-OH is 1. The summed E-state index contributed by atoms with van der Waals surface area (Å²) in [6, 6.07) is 14.3. The van der Waals surface area contributed by atoms with E-state index in [1.54, 1.807) is 20.3 Å². The van der Waals surface area contributed by atoms with Gasteiger partial charge in [-0.15, -0.1) is 0 Å². The zero-order valence-electron chi connectivity index (χ0n) is 21.2. The molecule has 2 aromatic carbocycles. The number of aliphatic hydroxyl groups is 1. The number of hydrogen-bond acceptors (Lipinski definition) is 4. The molecule has 190 valence electrons. The first-order valence-corrected chi connectivity index (χ1v) is 12.5. The summed E-state index contributed by atoms with van der Waals surface area (Å²) in [5, 5.41) is 20.6. The lowest BCUT2D eigenvalue weighted by Crippen LogP contribution is -2.22. The van der Waals surface area contributed by atoms with Crippen molar-refractivity contribution < 1.29 is 24.5 Å². The third-order valence-corrected chi connectivity index (χ3v) is 7.18. The van der Waals surface area contributed by atoms with Crippen molar-refractivity contribution >= 4 is 12.0 Å². The minimum absolute atomic E-state index is 0.0603. The molecule has 0 spiro atoms. The predicted octanol–water partition coefficient (Wildman–Crippen LogP) is 5.32. The monoisotopic (exact) mass is 489 g/mol. The summed E-state index contributed by atoms with van der Waals surface area (Å²) >= 11 is 0. The number of carboxylic acids is 1. The van der Waals surface area contributed by atoms with E-state index in [0.29, 0.717) is 12.5 Å². The maximum Gasteiger partial charge on any atom is 0.328 e. The Hall–Kier alpha value is -3.51. The normalized spacial score (nSPS) is 15.1. The van der Waals surface area contributed by atoms with Gasteiger partial charge in [-0.1, -0.05) is 31.2 Å². The second-order valence-corrected chi connectivity index (χ2v) is 9.55. The summed E-state index contributed by atoms with van der Waals surface area (Å²) in [5.41, 5.74) is 5.37. The van der Waals surface area contributed by atoms with Gasteiger partial charge in [-0.05, 0) is 78.1 Å². The number of ether oxygens (including phenoxy) is 2. The minimum Gasteiger partial charge on any atom is -0.496 e. The average Bonchev–Trinajstić information content (AvgIpc) is 3.51. The molecule has 0 aliphatic heterocycles. The van der Waals surface area contributed by atoms with Gasteiger partial charge in [0, 0.05) is 36.5 Å². The van der Waals surface area contributed by atoms with Crippen LogP contribution in [-0.2, 0) is 30.6 Å². The molecule has 4 rings (SSSR count). The molecule has 0 saturated carbocycles. The van der Waals surface area contributed by atoms with E-state index >= 15 is 0 Å². The number of benzene rings is 2. The van der Waals surface area contributed by atoms with Crippen LogP contribution in [0.2, 0.25) is 0 Å². The molecular formula is C30H35NO5. The molecule has 0 fully saturated rings. The Kier molecular flexibility index (Phi) is 8.16. The lowest BCUT2D eigenvalue weighted by atomic mass is 9.85. The van der Waals surface area contributed by atoms with Crippen molar-refractivity contribution in [2.45, 2.75) is 45.3 Å². The van der Waals surface area contributed by atoms with Crippen LogP contribution in [0, 0.1) is 11.8 Å². The third-order valence-electron chi connectivity index (χ3n) is 7.18. The number of aromatic nitrogens is 1. The number of fused-ring (bicyclic) bond motifs is 1. The van der Waals surface area contributed by atoms with Gasteiger partial charge in [0.2, 0.25) is 0 Å². The quantitative estimate of drug-likeness (QED) is 0.356. The standard InChI is InChI=1S/C30H35NO5/c1-4-26-27(35-2)16-24(17-28(26)36-3)30(34)25(15-21-13-22-7-5-6-8-23(22)14-21)19-31-12-11-20(18-31)9-10-29(32)33/h5-12,16-18,21,25,30,34H,4,13-15,19H2,1-3H3,(H,32,33)/b10-9+/t25-,30+/m0/s1. The highest BCUT2D eigenvalue weighted by Crippen LogP contribution is 2.39. The molecule has 1 aliphatic carbocycles. The molecule has 36 heavy (non-hydrogen) atoms. The van der Waals surface area contributed by atoms with Crippen LogP contribution in [0.5, 0.6) is 11.5 Å². The van der Waals surface area contributed by atoms with Gasteiger partial charge >= 0.3 is 5.97 Å². The molecule has 0 saturated heterocycles.